The summed E-state index contributed by atoms with van der Waals surface area (Å²) in [5, 5.41) is 7.59. The van der Waals surface area contributed by atoms with Gasteiger partial charge in [-0.15, -0.1) is 0 Å². The fourth-order valence-corrected chi connectivity index (χ4v) is 4.17. The van der Waals surface area contributed by atoms with E-state index in [0.717, 1.165) is 16.8 Å². The van der Waals surface area contributed by atoms with Crippen molar-refractivity contribution < 1.29 is 35.1 Å². The number of alkyl halides is 7. The van der Waals surface area contributed by atoms with Crippen molar-refractivity contribution in [3.05, 3.63) is 80.6 Å². The zero-order valence-electron chi connectivity index (χ0n) is 20.9. The largest absolute Gasteiger partial charge is 0.423 e. The lowest BCUT2D eigenvalue weighted by molar-refractivity contribution is -0.139. The maximum absolute atomic E-state index is 15.0. The number of hydrogen-bond donors (Lipinski definition) is 2. The minimum Gasteiger partial charge on any atom is -0.380 e. The third kappa shape index (κ3) is 6.52. The molecule has 0 aliphatic rings. The van der Waals surface area contributed by atoms with E-state index >= 15 is 4.39 Å². The Morgan fingerprint density at radius 2 is 1.71 bits per heavy atom. The molecular weight excluding hydrogens is 568 g/mol. The SMILES string of the molecule is CCC(CC(F)Cn1ccc2cc(-c3ncc(C(F)(F)F)cn3)c(F)cc2c1=O)Nc1cn[nH]c(=O)c1C(F)(F)F. The molecule has 41 heavy (non-hydrogen) atoms. The number of fused-ring (bicyclic) bond motifs is 1. The number of pyridine rings is 1. The van der Waals surface area contributed by atoms with Gasteiger partial charge < -0.3 is 9.88 Å². The Bertz CT molecular complexity index is 1660. The van der Waals surface area contributed by atoms with E-state index in [1.54, 1.807) is 12.0 Å². The Morgan fingerprint density at radius 1 is 1.02 bits per heavy atom. The lowest BCUT2D eigenvalue weighted by Crippen LogP contribution is -2.31. The summed E-state index contributed by atoms with van der Waals surface area (Å²) >= 11 is 0. The number of aromatic amines is 1. The van der Waals surface area contributed by atoms with E-state index in [1.807, 2.05) is 0 Å². The Morgan fingerprint density at radius 3 is 2.32 bits per heavy atom. The fourth-order valence-electron chi connectivity index (χ4n) is 4.17. The highest BCUT2D eigenvalue weighted by molar-refractivity contribution is 5.86. The second-order valence-electron chi connectivity index (χ2n) is 9.05. The summed E-state index contributed by atoms with van der Waals surface area (Å²) in [6, 6.07) is 2.52. The maximum atomic E-state index is 15.0. The molecule has 218 valence electrons. The first kappa shape index (κ1) is 29.6. The van der Waals surface area contributed by atoms with E-state index in [-0.39, 0.29) is 35.0 Å². The summed E-state index contributed by atoms with van der Waals surface area (Å²) in [5.74, 6) is -1.33. The number of nitrogens with zero attached hydrogens (tertiary/aromatic N) is 4. The van der Waals surface area contributed by atoms with Crippen molar-refractivity contribution in [3.8, 4) is 11.4 Å². The summed E-state index contributed by atoms with van der Waals surface area (Å²) in [4.78, 5) is 31.7. The molecule has 0 amide bonds. The summed E-state index contributed by atoms with van der Waals surface area (Å²) in [5.41, 5.74) is -5.74. The quantitative estimate of drug-likeness (QED) is 0.270. The van der Waals surface area contributed by atoms with Crippen LogP contribution >= 0.6 is 0 Å². The van der Waals surface area contributed by atoms with Gasteiger partial charge in [0.1, 0.15) is 17.6 Å². The molecule has 2 unspecified atom stereocenters. The van der Waals surface area contributed by atoms with E-state index in [0.29, 0.717) is 12.4 Å². The van der Waals surface area contributed by atoms with Gasteiger partial charge in [-0.25, -0.2) is 23.8 Å². The molecular formula is C25H20F8N6O2. The molecule has 3 heterocycles. The first-order valence-corrected chi connectivity index (χ1v) is 12.0. The highest BCUT2D eigenvalue weighted by atomic mass is 19.4. The van der Waals surface area contributed by atoms with Gasteiger partial charge in [-0.1, -0.05) is 6.92 Å². The number of rotatable bonds is 8. The third-order valence-electron chi connectivity index (χ3n) is 6.21. The molecule has 4 rings (SSSR count). The molecule has 0 bridgehead atoms. The van der Waals surface area contributed by atoms with Gasteiger partial charge >= 0.3 is 12.4 Å². The van der Waals surface area contributed by atoms with Gasteiger partial charge in [0.05, 0.1) is 34.9 Å². The smallest absolute Gasteiger partial charge is 0.380 e. The highest BCUT2D eigenvalue weighted by Gasteiger charge is 2.38. The molecule has 2 atom stereocenters. The van der Waals surface area contributed by atoms with E-state index < -0.39 is 64.9 Å². The monoisotopic (exact) mass is 588 g/mol. The van der Waals surface area contributed by atoms with Crippen LogP contribution in [0, 0.1) is 5.82 Å². The van der Waals surface area contributed by atoms with E-state index in [9.17, 15) is 40.3 Å². The van der Waals surface area contributed by atoms with Gasteiger partial charge in [0.25, 0.3) is 11.1 Å². The molecule has 1 aromatic carbocycles. The van der Waals surface area contributed by atoms with Crippen LogP contribution in [0.5, 0.6) is 0 Å². The zero-order chi connectivity index (χ0) is 30.1. The standard InChI is InChI=1S/C25H20F8N6O2/c1-2-15(37-19-10-36-38-22(40)20(19)25(31,32)33)6-14(26)11-39-4-3-12-5-17(18(27)7-16(12)23(39)41)21-34-8-13(9-35-21)24(28,29)30/h3-5,7-10,14-15H,2,6,11H2,1H3,(H2,37,38,40). The van der Waals surface area contributed by atoms with Gasteiger partial charge in [0, 0.05) is 31.1 Å². The van der Waals surface area contributed by atoms with Crippen molar-refractivity contribution in [1.29, 1.82) is 0 Å². The van der Waals surface area contributed by atoms with Crippen molar-refractivity contribution in [2.45, 2.75) is 50.9 Å². The molecule has 0 aliphatic carbocycles. The summed E-state index contributed by atoms with van der Waals surface area (Å²) in [7, 11) is 0. The normalized spacial score (nSPS) is 13.8. The zero-order valence-corrected chi connectivity index (χ0v) is 20.9. The summed E-state index contributed by atoms with van der Waals surface area (Å²) in [6.45, 7) is 1.07. The van der Waals surface area contributed by atoms with Crippen LogP contribution in [0.3, 0.4) is 0 Å². The van der Waals surface area contributed by atoms with E-state index in [4.69, 9.17) is 0 Å². The Balaban J connectivity index is 1.54. The Hall–Kier alpha value is -4.37. The predicted octanol–water partition coefficient (Wildman–Crippen LogP) is 5.34. The van der Waals surface area contributed by atoms with E-state index in [2.05, 4.69) is 20.4 Å². The Labute approximate surface area is 225 Å². The molecule has 4 aromatic rings. The molecule has 0 saturated carbocycles. The lowest BCUT2D eigenvalue weighted by atomic mass is 10.1. The number of H-pyrrole nitrogens is 1. The van der Waals surface area contributed by atoms with Gasteiger partial charge in [-0.3, -0.25) is 9.59 Å². The van der Waals surface area contributed by atoms with Crippen molar-refractivity contribution >= 4 is 16.5 Å². The minimum absolute atomic E-state index is 0.151. The molecule has 3 aromatic heterocycles. The van der Waals surface area contributed by atoms with Crippen molar-refractivity contribution in [2.24, 2.45) is 0 Å². The van der Waals surface area contributed by atoms with Crippen LogP contribution in [-0.4, -0.2) is 36.9 Å². The van der Waals surface area contributed by atoms with Crippen LogP contribution in [0.15, 0.2) is 52.6 Å². The van der Waals surface area contributed by atoms with Crippen LogP contribution in [0.25, 0.3) is 22.2 Å². The topological polar surface area (TPSA) is 106 Å². The minimum atomic E-state index is -4.99. The molecule has 16 heteroatoms. The fraction of sp³-hybridized carbons (Fsp3) is 0.320. The third-order valence-corrected chi connectivity index (χ3v) is 6.21. The van der Waals surface area contributed by atoms with Crippen LogP contribution in [0.1, 0.15) is 30.9 Å². The van der Waals surface area contributed by atoms with Gasteiger partial charge in [-0.05, 0) is 30.0 Å². The molecule has 0 radical (unpaired) electrons. The summed E-state index contributed by atoms with van der Waals surface area (Å²) in [6.07, 6.45) is -8.59. The molecule has 2 N–H and O–H groups in total. The Kier molecular flexibility index (Phi) is 8.12. The second kappa shape index (κ2) is 11.2. The van der Waals surface area contributed by atoms with Crippen LogP contribution in [0.2, 0.25) is 0 Å². The molecule has 8 nitrogen and oxygen atoms in total. The van der Waals surface area contributed by atoms with Gasteiger partial charge in [0.15, 0.2) is 5.82 Å². The average molecular weight is 588 g/mol. The number of anilines is 1. The number of halogens is 8. The lowest BCUT2D eigenvalue weighted by Gasteiger charge is -2.22. The number of nitrogens with one attached hydrogen (secondary N) is 2. The summed E-state index contributed by atoms with van der Waals surface area (Å²) < 4.78 is 109. The first-order chi connectivity index (χ1) is 19.2. The number of benzene rings is 1. The number of aromatic nitrogens is 5. The van der Waals surface area contributed by atoms with Gasteiger partial charge in [0.2, 0.25) is 0 Å². The molecule has 0 spiro atoms. The predicted molar refractivity (Wildman–Crippen MR) is 131 cm³/mol. The van der Waals surface area contributed by atoms with Crippen LogP contribution in [0.4, 0.5) is 40.8 Å². The number of hydrogen-bond acceptors (Lipinski definition) is 6. The molecule has 0 fully saturated rings. The highest BCUT2D eigenvalue weighted by Crippen LogP contribution is 2.32. The van der Waals surface area contributed by atoms with Crippen molar-refractivity contribution in [1.82, 2.24) is 24.7 Å². The molecule has 0 saturated heterocycles. The van der Waals surface area contributed by atoms with Gasteiger partial charge in [-0.2, -0.15) is 31.4 Å². The maximum Gasteiger partial charge on any atom is 0.423 e. The van der Waals surface area contributed by atoms with Crippen molar-refractivity contribution in [3.63, 3.8) is 0 Å². The first-order valence-electron chi connectivity index (χ1n) is 12.0. The van der Waals surface area contributed by atoms with Crippen LogP contribution in [-0.2, 0) is 18.9 Å². The van der Waals surface area contributed by atoms with Crippen molar-refractivity contribution in [2.75, 3.05) is 5.32 Å². The molecule has 0 aliphatic heterocycles. The average Bonchev–Trinajstić information content (AvgIpc) is 2.89. The van der Waals surface area contributed by atoms with Crippen LogP contribution < -0.4 is 16.4 Å². The van der Waals surface area contributed by atoms with E-state index in [1.165, 1.54) is 18.3 Å². The second-order valence-corrected chi connectivity index (χ2v) is 9.05.